The largest absolute Gasteiger partial charge is 0.381 e. The molecule has 0 aliphatic carbocycles. The van der Waals surface area contributed by atoms with Gasteiger partial charge < -0.3 is 9.53 Å². The summed E-state index contributed by atoms with van der Waals surface area (Å²) in [6.45, 7) is 5.68. The molecule has 3 nitrogen and oxygen atoms in total. The van der Waals surface area contributed by atoms with E-state index in [2.05, 4.69) is 23.3 Å². The molecule has 2 aliphatic heterocycles. The standard InChI is InChI=1S/C15H21NO2S/c1-12-13-3-9-19-14(13)2-6-16(12)10-15(11-17)4-7-18-8-5-15/h3,9,11-12H,2,4-8,10H2,1H3. The topological polar surface area (TPSA) is 29.5 Å². The lowest BCUT2D eigenvalue weighted by molar-refractivity contribution is -0.123. The number of fused-ring (bicyclic) bond motifs is 1. The monoisotopic (exact) mass is 279 g/mol. The van der Waals surface area contributed by atoms with Crippen LogP contribution in [-0.2, 0) is 16.0 Å². The Hall–Kier alpha value is -0.710. The number of hydrogen-bond acceptors (Lipinski definition) is 4. The molecule has 1 aromatic rings. The van der Waals surface area contributed by atoms with Crippen molar-refractivity contribution in [2.24, 2.45) is 5.41 Å². The quantitative estimate of drug-likeness (QED) is 0.797. The summed E-state index contributed by atoms with van der Waals surface area (Å²) in [6, 6.07) is 2.68. The summed E-state index contributed by atoms with van der Waals surface area (Å²) in [5.41, 5.74) is 1.28. The lowest BCUT2D eigenvalue weighted by Gasteiger charge is -2.41. The smallest absolute Gasteiger partial charge is 0.127 e. The summed E-state index contributed by atoms with van der Waals surface area (Å²) in [5, 5.41) is 2.19. The Morgan fingerprint density at radius 2 is 2.32 bits per heavy atom. The van der Waals surface area contributed by atoms with Crippen molar-refractivity contribution in [1.82, 2.24) is 4.90 Å². The van der Waals surface area contributed by atoms with Crippen LogP contribution in [0, 0.1) is 5.41 Å². The maximum absolute atomic E-state index is 11.6. The van der Waals surface area contributed by atoms with Crippen LogP contribution in [0.4, 0.5) is 0 Å². The van der Waals surface area contributed by atoms with Gasteiger partial charge in [0.1, 0.15) is 6.29 Å². The van der Waals surface area contributed by atoms with E-state index in [0.29, 0.717) is 6.04 Å². The van der Waals surface area contributed by atoms with Gasteiger partial charge in [0.05, 0.1) is 0 Å². The van der Waals surface area contributed by atoms with E-state index in [9.17, 15) is 4.79 Å². The molecule has 104 valence electrons. The highest BCUT2D eigenvalue weighted by Gasteiger charge is 2.37. The maximum atomic E-state index is 11.6. The van der Waals surface area contributed by atoms with Crippen LogP contribution in [0.5, 0.6) is 0 Å². The number of hydrogen-bond donors (Lipinski definition) is 0. The Bertz CT molecular complexity index is 451. The van der Waals surface area contributed by atoms with E-state index in [-0.39, 0.29) is 5.41 Å². The lowest BCUT2D eigenvalue weighted by Crippen LogP contribution is -2.45. The van der Waals surface area contributed by atoms with Crippen LogP contribution >= 0.6 is 11.3 Å². The molecule has 3 heterocycles. The van der Waals surface area contributed by atoms with Crippen LogP contribution in [0.25, 0.3) is 0 Å². The fourth-order valence-corrected chi connectivity index (χ4v) is 4.24. The zero-order valence-electron chi connectivity index (χ0n) is 11.4. The average Bonchev–Trinajstić information content (AvgIpc) is 2.92. The van der Waals surface area contributed by atoms with Crippen LogP contribution in [0.2, 0.25) is 0 Å². The van der Waals surface area contributed by atoms with E-state index in [1.165, 1.54) is 16.7 Å². The molecule has 1 saturated heterocycles. The molecule has 19 heavy (non-hydrogen) atoms. The summed E-state index contributed by atoms with van der Waals surface area (Å²) in [5.74, 6) is 0. The van der Waals surface area contributed by atoms with E-state index >= 15 is 0 Å². The predicted octanol–water partition coefficient (Wildman–Crippen LogP) is 2.66. The molecule has 0 N–H and O–H groups in total. The van der Waals surface area contributed by atoms with Gasteiger partial charge in [-0.25, -0.2) is 0 Å². The Kier molecular flexibility index (Phi) is 3.74. The van der Waals surface area contributed by atoms with Gasteiger partial charge in [-0.1, -0.05) is 0 Å². The summed E-state index contributed by atoms with van der Waals surface area (Å²) in [4.78, 5) is 15.6. The molecule has 1 fully saturated rings. The third-order valence-electron chi connectivity index (χ3n) is 4.66. The van der Waals surface area contributed by atoms with Gasteiger partial charge in [0.2, 0.25) is 0 Å². The first-order valence-electron chi connectivity index (χ1n) is 7.08. The van der Waals surface area contributed by atoms with Crippen molar-refractivity contribution >= 4 is 17.6 Å². The first-order chi connectivity index (χ1) is 9.24. The molecule has 1 aromatic heterocycles. The third-order valence-corrected chi connectivity index (χ3v) is 5.66. The second kappa shape index (κ2) is 5.35. The number of nitrogens with zero attached hydrogens (tertiary/aromatic N) is 1. The predicted molar refractivity (Wildman–Crippen MR) is 76.6 cm³/mol. The van der Waals surface area contributed by atoms with Crippen molar-refractivity contribution in [3.63, 3.8) is 0 Å². The van der Waals surface area contributed by atoms with Crippen LogP contribution in [0.15, 0.2) is 11.4 Å². The van der Waals surface area contributed by atoms with E-state index in [1.54, 1.807) is 0 Å². The average molecular weight is 279 g/mol. The minimum absolute atomic E-state index is 0.181. The molecule has 0 saturated carbocycles. The highest BCUT2D eigenvalue weighted by Crippen LogP contribution is 2.37. The third kappa shape index (κ3) is 2.49. The highest BCUT2D eigenvalue weighted by molar-refractivity contribution is 7.10. The van der Waals surface area contributed by atoms with Crippen LogP contribution in [-0.4, -0.2) is 37.5 Å². The molecule has 4 heteroatoms. The molecule has 1 atom stereocenters. The first kappa shape index (κ1) is 13.3. The van der Waals surface area contributed by atoms with Crippen molar-refractivity contribution in [3.05, 3.63) is 21.9 Å². The highest BCUT2D eigenvalue weighted by atomic mass is 32.1. The number of aldehydes is 1. The summed E-state index contributed by atoms with van der Waals surface area (Å²) < 4.78 is 5.41. The van der Waals surface area contributed by atoms with Gasteiger partial charge >= 0.3 is 0 Å². The van der Waals surface area contributed by atoms with E-state index in [1.807, 2.05) is 11.3 Å². The van der Waals surface area contributed by atoms with E-state index < -0.39 is 0 Å². The van der Waals surface area contributed by atoms with Gasteiger partial charge in [-0.15, -0.1) is 11.3 Å². The fraction of sp³-hybridized carbons (Fsp3) is 0.667. The zero-order valence-corrected chi connectivity index (χ0v) is 12.2. The second-order valence-electron chi connectivity index (χ2n) is 5.79. The summed E-state index contributed by atoms with van der Waals surface area (Å²) in [6.07, 6.45) is 4.06. The van der Waals surface area contributed by atoms with Gasteiger partial charge in [0, 0.05) is 42.6 Å². The Labute approximate surface area is 118 Å². The molecular weight excluding hydrogens is 258 g/mol. The zero-order chi connectivity index (χ0) is 13.3. The summed E-state index contributed by atoms with van der Waals surface area (Å²) >= 11 is 1.87. The van der Waals surface area contributed by atoms with Crippen molar-refractivity contribution < 1.29 is 9.53 Å². The molecule has 0 spiro atoms. The van der Waals surface area contributed by atoms with E-state index in [0.717, 1.165) is 45.6 Å². The molecule has 0 bridgehead atoms. The molecule has 0 radical (unpaired) electrons. The maximum Gasteiger partial charge on any atom is 0.127 e. The normalized spacial score (nSPS) is 26.9. The molecule has 0 aromatic carbocycles. The fourth-order valence-electron chi connectivity index (χ4n) is 3.27. The van der Waals surface area contributed by atoms with Gasteiger partial charge in [-0.2, -0.15) is 0 Å². The van der Waals surface area contributed by atoms with Crippen LogP contribution < -0.4 is 0 Å². The molecule has 1 unspecified atom stereocenters. The molecular formula is C15H21NO2S. The molecule has 0 amide bonds. The number of rotatable bonds is 3. The van der Waals surface area contributed by atoms with Crippen molar-refractivity contribution in [1.29, 1.82) is 0 Å². The van der Waals surface area contributed by atoms with Crippen LogP contribution in [0.1, 0.15) is 36.2 Å². The second-order valence-corrected chi connectivity index (χ2v) is 6.79. The minimum atomic E-state index is -0.181. The number of carbonyl (C=O) groups is 1. The van der Waals surface area contributed by atoms with Gasteiger partial charge in [0.15, 0.2) is 0 Å². The summed E-state index contributed by atoms with van der Waals surface area (Å²) in [7, 11) is 0. The lowest BCUT2D eigenvalue weighted by atomic mass is 9.80. The van der Waals surface area contributed by atoms with Gasteiger partial charge in [0.25, 0.3) is 0 Å². The number of thiophene rings is 1. The Balaban J connectivity index is 1.75. The van der Waals surface area contributed by atoms with Gasteiger partial charge in [-0.05, 0) is 43.2 Å². The van der Waals surface area contributed by atoms with Gasteiger partial charge in [-0.3, -0.25) is 4.90 Å². The van der Waals surface area contributed by atoms with Crippen LogP contribution in [0.3, 0.4) is 0 Å². The number of carbonyl (C=O) groups excluding carboxylic acids is 1. The molecule has 2 aliphatic rings. The van der Waals surface area contributed by atoms with Crippen molar-refractivity contribution in [3.8, 4) is 0 Å². The number of ether oxygens (including phenoxy) is 1. The molecule has 3 rings (SSSR count). The van der Waals surface area contributed by atoms with E-state index in [4.69, 9.17) is 4.74 Å². The van der Waals surface area contributed by atoms with Crippen molar-refractivity contribution in [2.45, 2.75) is 32.2 Å². The minimum Gasteiger partial charge on any atom is -0.381 e. The Morgan fingerprint density at radius 1 is 1.53 bits per heavy atom. The first-order valence-corrected chi connectivity index (χ1v) is 7.96. The SMILES string of the molecule is CC1c2ccsc2CCN1CC1(C=O)CCOCC1. The van der Waals surface area contributed by atoms with Crippen molar-refractivity contribution in [2.75, 3.05) is 26.3 Å². The Morgan fingerprint density at radius 3 is 3.05 bits per heavy atom.